The van der Waals surface area contributed by atoms with Crippen molar-refractivity contribution in [2.24, 2.45) is 0 Å². The quantitative estimate of drug-likeness (QED) is 0.190. The summed E-state index contributed by atoms with van der Waals surface area (Å²) in [6, 6.07) is 51.3. The van der Waals surface area contributed by atoms with Crippen molar-refractivity contribution in [3.8, 4) is 33.8 Å². The molecule has 0 atom stereocenters. The van der Waals surface area contributed by atoms with E-state index in [1.165, 1.54) is 33.6 Å². The van der Waals surface area contributed by atoms with Crippen molar-refractivity contribution in [1.29, 1.82) is 0 Å². The van der Waals surface area contributed by atoms with Crippen LogP contribution in [0.5, 0.6) is 11.5 Å². The first kappa shape index (κ1) is 26.4. The summed E-state index contributed by atoms with van der Waals surface area (Å²) >= 11 is 0. The van der Waals surface area contributed by atoms with E-state index in [1.807, 2.05) is 24.3 Å². The van der Waals surface area contributed by atoms with Gasteiger partial charge in [-0.15, -0.1) is 0 Å². The number of hydrogen-bond donors (Lipinski definition) is 0. The molecule has 3 heteroatoms. The third kappa shape index (κ3) is 4.96. The Balaban J connectivity index is 1.33. The van der Waals surface area contributed by atoms with Crippen LogP contribution in [0.3, 0.4) is 0 Å². The largest absolute Gasteiger partial charge is 0.497 e. The van der Waals surface area contributed by atoms with Gasteiger partial charge in [0.05, 0.1) is 25.6 Å². The van der Waals surface area contributed by atoms with Crippen LogP contribution in [0.1, 0.15) is 16.7 Å². The Kier molecular flexibility index (Phi) is 6.98. The normalized spacial score (nSPS) is 11.4. The van der Waals surface area contributed by atoms with Gasteiger partial charge < -0.3 is 14.4 Å². The fourth-order valence-corrected chi connectivity index (χ4v) is 5.91. The number of hydrogen-bond acceptors (Lipinski definition) is 3. The predicted molar refractivity (Wildman–Crippen MR) is 179 cm³/mol. The second-order valence-corrected chi connectivity index (χ2v) is 10.5. The number of ether oxygens (including phenoxy) is 2. The van der Waals surface area contributed by atoms with Crippen LogP contribution < -0.4 is 14.4 Å². The van der Waals surface area contributed by atoms with Crippen molar-refractivity contribution < 1.29 is 9.47 Å². The van der Waals surface area contributed by atoms with Crippen LogP contribution >= 0.6 is 0 Å². The Morgan fingerprint density at radius 1 is 0.465 bits per heavy atom. The van der Waals surface area contributed by atoms with Gasteiger partial charge in [-0.05, 0) is 88.0 Å². The van der Waals surface area contributed by atoms with Crippen molar-refractivity contribution in [2.75, 3.05) is 19.1 Å². The van der Waals surface area contributed by atoms with E-state index in [-0.39, 0.29) is 0 Å². The molecule has 0 N–H and O–H groups in total. The molecule has 0 fully saturated rings. The molecular weight excluding hydrogens is 526 g/mol. The average molecular weight is 558 g/mol. The molecule has 6 aromatic carbocycles. The minimum absolute atomic E-state index is 0.836. The highest BCUT2D eigenvalue weighted by molar-refractivity contribution is 6.02. The molecule has 0 aliphatic carbocycles. The number of benzene rings is 6. The first-order valence-electron chi connectivity index (χ1n) is 14.4. The Morgan fingerprint density at radius 2 is 0.884 bits per heavy atom. The van der Waals surface area contributed by atoms with Crippen LogP contribution in [0, 0.1) is 0 Å². The zero-order chi connectivity index (χ0) is 29.2. The van der Waals surface area contributed by atoms with E-state index < -0.39 is 0 Å². The van der Waals surface area contributed by atoms with Gasteiger partial charge in [-0.25, -0.2) is 0 Å². The molecule has 6 aromatic rings. The fraction of sp³-hybridized carbons (Fsp3) is 0.0500. The molecule has 0 bridgehead atoms. The van der Waals surface area contributed by atoms with Gasteiger partial charge in [0.2, 0.25) is 0 Å². The summed E-state index contributed by atoms with van der Waals surface area (Å²) in [6.45, 7) is 0. The summed E-state index contributed by atoms with van der Waals surface area (Å²) in [5.74, 6) is 1.67. The molecule has 0 amide bonds. The molecule has 0 unspecified atom stereocenters. The molecule has 43 heavy (non-hydrogen) atoms. The molecule has 0 aromatic heterocycles. The highest BCUT2D eigenvalue weighted by Crippen LogP contribution is 2.50. The maximum absolute atomic E-state index is 5.41. The maximum Gasteiger partial charge on any atom is 0.118 e. The molecule has 7 rings (SSSR count). The van der Waals surface area contributed by atoms with Crippen LogP contribution in [-0.4, -0.2) is 14.2 Å². The van der Waals surface area contributed by atoms with E-state index >= 15 is 0 Å². The lowest BCUT2D eigenvalue weighted by atomic mass is 9.95. The second-order valence-electron chi connectivity index (χ2n) is 10.5. The molecule has 0 saturated carbocycles. The van der Waals surface area contributed by atoms with Crippen LogP contribution in [0.15, 0.2) is 146 Å². The lowest BCUT2D eigenvalue weighted by Crippen LogP contribution is -2.10. The Bertz CT molecular complexity index is 1800. The van der Waals surface area contributed by atoms with Gasteiger partial charge >= 0.3 is 0 Å². The van der Waals surface area contributed by atoms with Crippen molar-refractivity contribution in [1.82, 2.24) is 0 Å². The smallest absolute Gasteiger partial charge is 0.118 e. The molecule has 1 aliphatic rings. The minimum atomic E-state index is 0.836. The second kappa shape index (κ2) is 11.4. The number of nitrogens with zero attached hydrogens (tertiary/aromatic N) is 1. The van der Waals surface area contributed by atoms with Crippen LogP contribution in [-0.2, 0) is 0 Å². The van der Waals surface area contributed by atoms with E-state index in [4.69, 9.17) is 9.47 Å². The summed E-state index contributed by atoms with van der Waals surface area (Å²) in [4.78, 5) is 2.38. The highest BCUT2D eigenvalue weighted by Gasteiger charge is 2.25. The standard InChI is InChI=1S/C40H31NO2/c1-42-32-23-17-29(18-24-32)38(30-19-25-33(43-2)26-20-30)27-28-15-21-31(22-16-28)41-39-13-7-5-11-36(39)34-9-3-4-10-35(34)37-12-6-8-14-40(37)41/h3-27H,1-2H3. The van der Waals surface area contributed by atoms with Crippen LogP contribution in [0.2, 0.25) is 0 Å². The molecule has 0 saturated heterocycles. The van der Waals surface area contributed by atoms with E-state index in [0.29, 0.717) is 0 Å². The van der Waals surface area contributed by atoms with Gasteiger partial charge in [0.25, 0.3) is 0 Å². The third-order valence-corrected chi connectivity index (χ3v) is 8.06. The van der Waals surface area contributed by atoms with E-state index in [1.54, 1.807) is 14.2 Å². The van der Waals surface area contributed by atoms with Gasteiger partial charge in [-0.1, -0.05) is 97.1 Å². The van der Waals surface area contributed by atoms with Gasteiger partial charge in [-0.2, -0.15) is 0 Å². The Hall–Kier alpha value is -5.54. The van der Waals surface area contributed by atoms with Gasteiger partial charge in [0.1, 0.15) is 11.5 Å². The predicted octanol–water partition coefficient (Wildman–Crippen LogP) is 10.4. The monoisotopic (exact) mass is 557 g/mol. The molecule has 0 radical (unpaired) electrons. The number of para-hydroxylation sites is 2. The summed E-state index contributed by atoms with van der Waals surface area (Å²) in [7, 11) is 3.38. The number of rotatable bonds is 6. The topological polar surface area (TPSA) is 21.7 Å². The zero-order valence-electron chi connectivity index (χ0n) is 24.2. The van der Waals surface area contributed by atoms with Crippen molar-refractivity contribution in [2.45, 2.75) is 0 Å². The molecular formula is C40H31NO2. The van der Waals surface area contributed by atoms with Crippen molar-refractivity contribution in [3.05, 3.63) is 162 Å². The average Bonchev–Trinajstić information content (AvgIpc) is 3.21. The molecule has 3 nitrogen and oxygen atoms in total. The first-order valence-corrected chi connectivity index (χ1v) is 14.4. The third-order valence-electron chi connectivity index (χ3n) is 8.06. The van der Waals surface area contributed by atoms with E-state index in [0.717, 1.165) is 39.4 Å². The molecule has 208 valence electrons. The van der Waals surface area contributed by atoms with Crippen molar-refractivity contribution >= 4 is 28.7 Å². The van der Waals surface area contributed by atoms with Gasteiger partial charge in [0.15, 0.2) is 0 Å². The number of fused-ring (bicyclic) bond motifs is 5. The van der Waals surface area contributed by atoms with Gasteiger partial charge in [-0.3, -0.25) is 0 Å². The number of anilines is 3. The Morgan fingerprint density at radius 3 is 1.33 bits per heavy atom. The molecule has 1 aliphatic heterocycles. The molecule has 0 spiro atoms. The summed E-state index contributed by atoms with van der Waals surface area (Å²) in [6.07, 6.45) is 2.24. The highest BCUT2D eigenvalue weighted by atomic mass is 16.5. The van der Waals surface area contributed by atoms with E-state index in [2.05, 4.69) is 132 Å². The lowest BCUT2D eigenvalue weighted by molar-refractivity contribution is 0.414. The maximum atomic E-state index is 5.41. The van der Waals surface area contributed by atoms with Crippen LogP contribution in [0.4, 0.5) is 17.1 Å². The summed E-state index contributed by atoms with van der Waals surface area (Å²) < 4.78 is 10.8. The SMILES string of the molecule is COc1ccc(C(=Cc2ccc(N3c4ccccc4-c4ccccc4-c4ccccc43)cc2)c2ccc(OC)cc2)cc1. The first-order chi connectivity index (χ1) is 21.2. The Labute approximate surface area is 252 Å². The van der Waals surface area contributed by atoms with Gasteiger partial charge in [0, 0.05) is 16.8 Å². The fourth-order valence-electron chi connectivity index (χ4n) is 5.91. The summed E-state index contributed by atoms with van der Waals surface area (Å²) in [5.41, 5.74) is 12.8. The van der Waals surface area contributed by atoms with E-state index in [9.17, 15) is 0 Å². The van der Waals surface area contributed by atoms with Crippen molar-refractivity contribution in [3.63, 3.8) is 0 Å². The van der Waals surface area contributed by atoms with Crippen LogP contribution in [0.25, 0.3) is 33.9 Å². The number of methoxy groups -OCH3 is 2. The summed E-state index contributed by atoms with van der Waals surface area (Å²) in [5, 5.41) is 0. The zero-order valence-corrected chi connectivity index (χ0v) is 24.2. The molecule has 1 heterocycles. The minimum Gasteiger partial charge on any atom is -0.497 e. The lowest BCUT2D eigenvalue weighted by Gasteiger charge is -2.27.